The van der Waals surface area contributed by atoms with E-state index in [9.17, 15) is 43.5 Å². The maximum atomic E-state index is 13.2. The summed E-state index contributed by atoms with van der Waals surface area (Å²) in [7, 11) is -9.82. The molecule has 133 heavy (non-hydrogen) atoms. The number of esters is 3. The lowest BCUT2D eigenvalue weighted by Crippen LogP contribution is -2.30. The molecule has 0 rings (SSSR count). The number of allylic oxidation sites excluding steroid dienone is 28. The van der Waals surface area contributed by atoms with Crippen LogP contribution in [0.25, 0.3) is 0 Å². The fourth-order valence-electron chi connectivity index (χ4n) is 15.3. The van der Waals surface area contributed by atoms with E-state index in [1.807, 2.05) is 0 Å². The number of ether oxygens (including phenoxy) is 3. The second kappa shape index (κ2) is 106. The van der Waals surface area contributed by atoms with Crippen molar-refractivity contribution in [1.82, 2.24) is 0 Å². The largest absolute Gasteiger partial charge is 0.472 e. The van der Waals surface area contributed by atoms with Gasteiger partial charge in [0.15, 0.2) is 6.10 Å². The maximum absolute atomic E-state index is 13.2. The molecule has 766 valence electrons. The van der Waals surface area contributed by atoms with Crippen LogP contribution in [-0.2, 0) is 55.8 Å². The summed E-state index contributed by atoms with van der Waals surface area (Å²) >= 11 is 0. The van der Waals surface area contributed by atoms with E-state index in [0.717, 1.165) is 148 Å². The van der Waals surface area contributed by atoms with Crippen LogP contribution in [0.2, 0.25) is 0 Å². The van der Waals surface area contributed by atoms with Gasteiger partial charge in [0.05, 0.1) is 26.4 Å². The van der Waals surface area contributed by atoms with E-state index < -0.39 is 91.5 Å². The highest BCUT2D eigenvalue weighted by Gasteiger charge is 2.30. The van der Waals surface area contributed by atoms with Gasteiger partial charge in [0.25, 0.3) is 0 Å². The molecule has 4 N–H and O–H groups in total. The summed E-state index contributed by atoms with van der Waals surface area (Å²) in [6.45, 7) is 2.53. The molecular formula is C115H200O16P2. The van der Waals surface area contributed by atoms with E-state index in [1.165, 1.54) is 276 Å². The molecule has 0 aromatic carbocycles. The van der Waals surface area contributed by atoms with E-state index in [1.54, 1.807) is 0 Å². The summed E-state index contributed by atoms with van der Waals surface area (Å²) in [5.74, 6) is -1.55. The zero-order valence-electron chi connectivity index (χ0n) is 85.1. The lowest BCUT2D eigenvalue weighted by atomic mass is 10.0. The third kappa shape index (κ3) is 107. The number of phosphoric ester groups is 2. The molecule has 0 aromatic heterocycles. The van der Waals surface area contributed by atoms with Crippen LogP contribution in [0, 0.1) is 0 Å². The SMILES string of the molecule is CC/C=C\C/C=C\C/C=C\C/C=C\C/C=C\CCCCCCCCCCCCCCCCCCCCCC(=O)OCC(O)COP(=O)(O)OCC(O)COP(=O)(O)OCC(COC(=O)CCCCCCCCCCCCCCCCC/C=C\C/C=C\C/C=C\C/C=C\C/C=C\CC)OC(=O)CCCCCCCCCCCCCCCCC/C=C\C/C=C\C/C=C\C/C=C\CCCCC. The highest BCUT2D eigenvalue weighted by Crippen LogP contribution is 2.45. The van der Waals surface area contributed by atoms with E-state index >= 15 is 0 Å². The number of unbranched alkanes of at least 4 members (excludes halogenated alkanes) is 52. The van der Waals surface area contributed by atoms with Gasteiger partial charge < -0.3 is 34.2 Å². The normalized spacial score (nSPS) is 14.2. The molecule has 0 heterocycles. The average molecular weight is 1900 g/mol. The Bertz CT molecular complexity index is 3100. The predicted octanol–water partition coefficient (Wildman–Crippen LogP) is 34.9. The summed E-state index contributed by atoms with van der Waals surface area (Å²) in [4.78, 5) is 59.3. The molecule has 0 radical (unpaired) electrons. The number of phosphoric acid groups is 2. The molecule has 5 atom stereocenters. The van der Waals surface area contributed by atoms with Gasteiger partial charge in [-0.05, 0) is 154 Å². The highest BCUT2D eigenvalue weighted by atomic mass is 31.2. The summed E-state index contributed by atoms with van der Waals surface area (Å²) < 4.78 is 61.8. The van der Waals surface area contributed by atoms with Crippen molar-refractivity contribution in [2.75, 3.05) is 39.6 Å². The van der Waals surface area contributed by atoms with Gasteiger partial charge in [-0.15, -0.1) is 0 Å². The molecule has 16 nitrogen and oxygen atoms in total. The zero-order chi connectivity index (χ0) is 96.4. The second-order valence-corrected chi connectivity index (χ2v) is 39.3. The highest BCUT2D eigenvalue weighted by molar-refractivity contribution is 7.47. The number of hydrogen-bond donors (Lipinski definition) is 4. The molecule has 0 bridgehead atoms. The molecule has 0 saturated carbocycles. The van der Waals surface area contributed by atoms with Crippen LogP contribution >= 0.6 is 15.6 Å². The van der Waals surface area contributed by atoms with Crippen LogP contribution in [0.1, 0.15) is 483 Å². The van der Waals surface area contributed by atoms with Crippen LogP contribution in [0.5, 0.6) is 0 Å². The predicted molar refractivity (Wildman–Crippen MR) is 565 cm³/mol. The second-order valence-electron chi connectivity index (χ2n) is 36.4. The van der Waals surface area contributed by atoms with Gasteiger partial charge in [-0.2, -0.15) is 0 Å². The Morgan fingerprint density at radius 3 is 0.632 bits per heavy atom. The number of aliphatic hydroxyl groups excluding tert-OH is 2. The molecule has 0 aliphatic heterocycles. The first-order valence-electron chi connectivity index (χ1n) is 54.4. The van der Waals surface area contributed by atoms with Crippen LogP contribution in [-0.4, -0.2) is 95.9 Å². The first-order valence-corrected chi connectivity index (χ1v) is 57.4. The molecule has 0 aliphatic carbocycles. The summed E-state index contributed by atoms with van der Waals surface area (Å²) in [6.07, 6.45) is 140. The minimum atomic E-state index is -4.95. The molecule has 5 unspecified atom stereocenters. The van der Waals surface area contributed by atoms with Crippen molar-refractivity contribution in [2.24, 2.45) is 0 Å². The van der Waals surface area contributed by atoms with Gasteiger partial charge in [-0.1, -0.05) is 480 Å². The number of aliphatic hydroxyl groups is 2. The van der Waals surface area contributed by atoms with Gasteiger partial charge in [0, 0.05) is 19.3 Å². The Morgan fingerprint density at radius 1 is 0.218 bits per heavy atom. The fraction of sp³-hybridized carbons (Fsp3) is 0.730. The number of hydrogen-bond acceptors (Lipinski definition) is 14. The number of carbonyl (C=O) groups excluding carboxylic acids is 3. The lowest BCUT2D eigenvalue weighted by Gasteiger charge is -2.21. The molecular weight excluding hydrogens is 1700 g/mol. The first kappa shape index (κ1) is 128. The topological polar surface area (TPSA) is 231 Å². The van der Waals surface area contributed by atoms with Crippen molar-refractivity contribution in [2.45, 2.75) is 501 Å². The Hall–Kier alpha value is -5.09. The lowest BCUT2D eigenvalue weighted by molar-refractivity contribution is -0.161. The number of rotatable bonds is 103. The minimum absolute atomic E-state index is 0.103. The van der Waals surface area contributed by atoms with Crippen LogP contribution in [0.4, 0.5) is 0 Å². The average Bonchev–Trinajstić information content (AvgIpc) is 0.896. The van der Waals surface area contributed by atoms with Gasteiger partial charge in [0.2, 0.25) is 0 Å². The van der Waals surface area contributed by atoms with E-state index in [2.05, 4.69) is 191 Å². The molecule has 0 fully saturated rings. The van der Waals surface area contributed by atoms with E-state index in [-0.39, 0.29) is 19.3 Å². The third-order valence-corrected chi connectivity index (χ3v) is 25.3. The van der Waals surface area contributed by atoms with Gasteiger partial charge in [-0.3, -0.25) is 32.5 Å². The summed E-state index contributed by atoms with van der Waals surface area (Å²) in [6, 6.07) is 0. The molecule has 18 heteroatoms. The molecule has 0 amide bonds. The van der Waals surface area contributed by atoms with Crippen LogP contribution in [0.3, 0.4) is 0 Å². The quantitative estimate of drug-likeness (QED) is 0.0146. The molecule has 0 aromatic rings. The van der Waals surface area contributed by atoms with E-state index in [0.29, 0.717) is 19.3 Å². The molecule has 0 aliphatic rings. The van der Waals surface area contributed by atoms with Crippen LogP contribution < -0.4 is 0 Å². The third-order valence-electron chi connectivity index (χ3n) is 23.4. The van der Waals surface area contributed by atoms with Crippen molar-refractivity contribution < 1.29 is 75.8 Å². The first-order chi connectivity index (χ1) is 65.2. The van der Waals surface area contributed by atoms with Crippen molar-refractivity contribution in [1.29, 1.82) is 0 Å². The van der Waals surface area contributed by atoms with Crippen LogP contribution in [0.15, 0.2) is 170 Å². The fourth-order valence-corrected chi connectivity index (χ4v) is 16.8. The Labute approximate surface area is 815 Å². The summed E-state index contributed by atoms with van der Waals surface area (Å²) in [5.41, 5.74) is 0. The van der Waals surface area contributed by atoms with Gasteiger partial charge >= 0.3 is 33.6 Å². The van der Waals surface area contributed by atoms with Crippen molar-refractivity contribution in [3.05, 3.63) is 170 Å². The van der Waals surface area contributed by atoms with Crippen molar-refractivity contribution >= 4 is 33.6 Å². The zero-order valence-corrected chi connectivity index (χ0v) is 86.9. The number of carbonyl (C=O) groups is 3. The minimum Gasteiger partial charge on any atom is -0.463 e. The van der Waals surface area contributed by atoms with Gasteiger partial charge in [0.1, 0.15) is 25.4 Å². The summed E-state index contributed by atoms with van der Waals surface area (Å²) in [5, 5.41) is 20.8. The Kier molecular flexibility index (Phi) is 102. The maximum Gasteiger partial charge on any atom is 0.472 e. The van der Waals surface area contributed by atoms with E-state index in [4.69, 9.17) is 32.3 Å². The monoisotopic (exact) mass is 1900 g/mol. The molecule has 0 saturated heterocycles. The van der Waals surface area contributed by atoms with Crippen molar-refractivity contribution in [3.8, 4) is 0 Å². The Morgan fingerprint density at radius 2 is 0.398 bits per heavy atom. The molecule has 0 spiro atoms. The standard InChI is InChI=1S/C115H200O16P2/c1-4-7-10-13-16-19-22-25-28-31-34-37-40-43-46-49-52-53-54-55-58-60-62-65-68-71-74-77-80-83-86-89-92-95-98-101-113(118)125-104-110(116)105-127-132(121,122)128-106-111(117)107-129-133(123,124)130-109-112(131-115(120)103-100-97-94-91-88-85-82-79-76-73-70-67-64-61-57-51-48-45-42-39-36-33-30-27-24-21-18-15-12-9-6-3)108-126-114(119)102-99-96-93-90-87-84-81-78-75-72-69-66-63-59-56-50-47-44-41-38-35-32-29-26-23-20-17-14-11-8-5-2/h7-8,10-11,16-21,25-30,34-39,43-48,110-112,116-117H,4-6,9,12-15,22-24,31-33,40-42,49-109H2,1-3H3,(H,121,122)(H,123,124)/b10-7-,11-8-,19-16-,20-17-,21-18-,28-25-,29-26-,30-27-,37-34-,38-35-,39-36-,46-43-,47-44-,48-45-. The van der Waals surface area contributed by atoms with Gasteiger partial charge in [-0.25, -0.2) is 9.13 Å². The Balaban J connectivity index is 4.58. The van der Waals surface area contributed by atoms with Crippen molar-refractivity contribution in [3.63, 3.8) is 0 Å². The smallest absolute Gasteiger partial charge is 0.463 e.